The van der Waals surface area contributed by atoms with Gasteiger partial charge in [-0.2, -0.15) is 13.2 Å². The summed E-state index contributed by atoms with van der Waals surface area (Å²) >= 11 is 13.5. The van der Waals surface area contributed by atoms with E-state index in [9.17, 15) is 27.6 Å². The van der Waals surface area contributed by atoms with Crippen molar-refractivity contribution in [1.82, 2.24) is 0 Å². The van der Waals surface area contributed by atoms with Crippen LogP contribution in [0.15, 0.2) is 125 Å². The molecule has 3 aliphatic heterocycles. The van der Waals surface area contributed by atoms with E-state index in [1.165, 1.54) is 35.7 Å². The normalized spacial score (nSPS) is 20.1. The van der Waals surface area contributed by atoms with E-state index in [0.717, 1.165) is 48.7 Å². The molecule has 0 saturated heterocycles. The summed E-state index contributed by atoms with van der Waals surface area (Å²) in [7, 11) is 0. The number of halogens is 5. The third-order valence-electron chi connectivity index (χ3n) is 7.93. The van der Waals surface area contributed by atoms with Crippen molar-refractivity contribution in [1.29, 1.82) is 0 Å². The van der Waals surface area contributed by atoms with Crippen molar-refractivity contribution >= 4 is 80.7 Å². The summed E-state index contributed by atoms with van der Waals surface area (Å²) in [5.41, 5.74) is 3.29. The molecule has 3 unspecified atom stereocenters. The van der Waals surface area contributed by atoms with Gasteiger partial charge >= 0.3 is 24.1 Å². The second kappa shape index (κ2) is 17.6. The minimum Gasteiger partial charge on any atom is -0.443 e. The lowest BCUT2D eigenvalue weighted by Gasteiger charge is -2.12. The van der Waals surface area contributed by atoms with Crippen molar-refractivity contribution in [2.75, 3.05) is 0 Å². The average molecular weight is 842 g/mol. The zero-order chi connectivity index (χ0) is 37.6. The van der Waals surface area contributed by atoms with Crippen LogP contribution in [0.4, 0.5) is 13.2 Å². The van der Waals surface area contributed by atoms with E-state index < -0.39 is 17.2 Å². The van der Waals surface area contributed by atoms with Crippen molar-refractivity contribution in [2.45, 2.75) is 78.7 Å². The Morgan fingerprint density at radius 2 is 0.843 bits per heavy atom. The van der Waals surface area contributed by atoms with E-state index in [4.69, 9.17) is 25.8 Å². The predicted molar refractivity (Wildman–Crippen MR) is 199 cm³/mol. The molecule has 3 aromatic carbocycles. The van der Waals surface area contributed by atoms with Crippen molar-refractivity contribution in [2.24, 2.45) is 0 Å². The van der Waals surface area contributed by atoms with Gasteiger partial charge < -0.3 is 14.2 Å². The van der Waals surface area contributed by atoms with Gasteiger partial charge in [0.1, 0.15) is 0 Å². The Bertz CT molecular complexity index is 1790. The summed E-state index contributed by atoms with van der Waals surface area (Å²) in [6.07, 6.45) is -4.34. The lowest BCUT2D eigenvalue weighted by atomic mass is 10.2. The monoisotopic (exact) mass is 840 g/mol. The Hall–Kier alpha value is -3.10. The van der Waals surface area contributed by atoms with Crippen LogP contribution in [-0.2, 0) is 34.8 Å². The van der Waals surface area contributed by atoms with Crippen LogP contribution in [0.25, 0.3) is 0 Å². The highest BCUT2D eigenvalue weighted by molar-refractivity contribution is 9.10. The second-order valence-corrected chi connectivity index (χ2v) is 16.2. The van der Waals surface area contributed by atoms with Gasteiger partial charge in [0.15, 0.2) is 16.3 Å². The molecule has 6 nitrogen and oxygen atoms in total. The molecule has 0 amide bonds. The number of cyclic esters (lactones) is 3. The van der Waals surface area contributed by atoms with Gasteiger partial charge in [0.2, 0.25) is 0 Å². The first-order valence-electron chi connectivity index (χ1n) is 15.3. The van der Waals surface area contributed by atoms with Crippen LogP contribution in [0.5, 0.6) is 0 Å². The summed E-state index contributed by atoms with van der Waals surface area (Å²) in [4.78, 5) is 36.7. The van der Waals surface area contributed by atoms with Crippen LogP contribution in [0.2, 0.25) is 5.02 Å². The summed E-state index contributed by atoms with van der Waals surface area (Å²) in [6.45, 7) is 10.9. The number of hydrogen-bond acceptors (Lipinski definition) is 9. The van der Waals surface area contributed by atoms with Gasteiger partial charge in [-0.3, -0.25) is 0 Å². The third kappa shape index (κ3) is 11.0. The molecular weight excluding hydrogens is 809 g/mol. The first-order chi connectivity index (χ1) is 23.9. The lowest BCUT2D eigenvalue weighted by molar-refractivity contribution is -0.138. The molecule has 0 aliphatic carbocycles. The quantitative estimate of drug-likeness (QED) is 0.178. The van der Waals surface area contributed by atoms with Gasteiger partial charge in [-0.25, -0.2) is 14.4 Å². The SMILES string of the molecule is CC1=C(C)C(Sc2ccc(Br)cc2)OC1=O.CC1=C(C)C(Sc2ccc(C(F)(F)F)cc2)OC1=O.CC1=C(C)C(Sc2ccc(Cl)cc2)OC1=O. The Balaban J connectivity index is 0.000000172. The lowest BCUT2D eigenvalue weighted by Crippen LogP contribution is -2.06. The Morgan fingerprint density at radius 3 is 1.12 bits per heavy atom. The van der Waals surface area contributed by atoms with Gasteiger partial charge in [-0.05, 0) is 131 Å². The van der Waals surface area contributed by atoms with E-state index in [2.05, 4.69) is 15.9 Å². The van der Waals surface area contributed by atoms with Crippen LogP contribution >= 0.6 is 62.8 Å². The number of ether oxygens (including phenoxy) is 3. The molecule has 0 fully saturated rings. The third-order valence-corrected chi connectivity index (χ3v) is 12.3. The molecule has 0 N–H and O–H groups in total. The fraction of sp³-hybridized carbons (Fsp3) is 0.270. The highest BCUT2D eigenvalue weighted by Gasteiger charge is 2.32. The molecule has 3 atom stereocenters. The van der Waals surface area contributed by atoms with E-state index >= 15 is 0 Å². The largest absolute Gasteiger partial charge is 0.443 e. The van der Waals surface area contributed by atoms with Gasteiger partial charge in [-0.15, -0.1) is 0 Å². The summed E-state index contributed by atoms with van der Waals surface area (Å²) in [5, 5.41) is 0.705. The number of rotatable bonds is 6. The first kappa shape index (κ1) is 40.7. The zero-order valence-corrected chi connectivity index (χ0v) is 33.0. The van der Waals surface area contributed by atoms with E-state index in [0.29, 0.717) is 21.1 Å². The maximum atomic E-state index is 12.4. The molecule has 3 aliphatic rings. The fourth-order valence-electron chi connectivity index (χ4n) is 4.29. The molecule has 0 spiro atoms. The second-order valence-electron chi connectivity index (χ2n) is 11.4. The van der Waals surface area contributed by atoms with Crippen molar-refractivity contribution in [3.8, 4) is 0 Å². The Labute approximate surface area is 320 Å². The number of carbonyl (C=O) groups excluding carboxylic acids is 3. The van der Waals surface area contributed by atoms with Crippen LogP contribution < -0.4 is 0 Å². The number of hydrogen-bond donors (Lipinski definition) is 0. The fourth-order valence-corrected chi connectivity index (χ4v) is 7.77. The molecule has 6 rings (SSSR count). The minimum absolute atomic E-state index is 0.173. The van der Waals surface area contributed by atoms with Crippen molar-refractivity contribution in [3.05, 3.63) is 121 Å². The van der Waals surface area contributed by atoms with Gasteiger partial charge in [0, 0.05) is 40.9 Å². The molecular formula is C37H33BrClF3O6S3. The molecule has 3 aromatic rings. The molecule has 51 heavy (non-hydrogen) atoms. The van der Waals surface area contributed by atoms with Gasteiger partial charge in [0.25, 0.3) is 0 Å². The molecule has 0 aromatic heterocycles. The Kier molecular flexibility index (Phi) is 14.0. The molecule has 0 bridgehead atoms. The molecule has 14 heteroatoms. The summed E-state index contributed by atoms with van der Waals surface area (Å²) in [6, 6.07) is 20.2. The predicted octanol–water partition coefficient (Wildman–Crippen LogP) is 11.4. The highest BCUT2D eigenvalue weighted by atomic mass is 79.9. The van der Waals surface area contributed by atoms with E-state index in [-0.39, 0.29) is 28.8 Å². The minimum atomic E-state index is -4.34. The number of thioether (sulfide) groups is 3. The standard InChI is InChI=1S/C13H11F3O2S.C12H11BrO2S.C12H11ClO2S/c1-7-8(2)12(18-11(7)17)19-10-5-3-9(4-6-10)13(14,15)16;2*1-7-8(2)12(15-11(7)14)16-10-5-3-9(13)4-6-10/h3-6,12H,1-2H3;2*3-6,12H,1-2H3. The number of esters is 3. The number of benzene rings is 3. The molecule has 3 heterocycles. The maximum Gasteiger partial charge on any atom is 0.416 e. The molecule has 0 saturated carbocycles. The topological polar surface area (TPSA) is 78.9 Å². The van der Waals surface area contributed by atoms with Crippen LogP contribution in [0.1, 0.15) is 47.1 Å². The molecule has 0 radical (unpaired) electrons. The molecule has 270 valence electrons. The highest BCUT2D eigenvalue weighted by Crippen LogP contribution is 2.38. The van der Waals surface area contributed by atoms with Gasteiger partial charge in [0.05, 0.1) is 5.56 Å². The number of carbonyl (C=O) groups is 3. The van der Waals surface area contributed by atoms with Crippen molar-refractivity contribution in [3.63, 3.8) is 0 Å². The maximum absolute atomic E-state index is 12.4. The average Bonchev–Trinajstić information content (AvgIpc) is 3.59. The number of alkyl halides is 3. The van der Waals surface area contributed by atoms with E-state index in [1.807, 2.05) is 62.4 Å². The summed E-state index contributed by atoms with van der Waals surface area (Å²) < 4.78 is 53.9. The van der Waals surface area contributed by atoms with Crippen LogP contribution in [0, 0.1) is 0 Å². The zero-order valence-electron chi connectivity index (χ0n) is 28.2. The van der Waals surface area contributed by atoms with Crippen LogP contribution in [-0.4, -0.2) is 34.2 Å². The first-order valence-corrected chi connectivity index (χ1v) is 19.1. The van der Waals surface area contributed by atoms with Crippen molar-refractivity contribution < 1.29 is 41.8 Å². The van der Waals surface area contributed by atoms with Crippen LogP contribution in [0.3, 0.4) is 0 Å². The smallest absolute Gasteiger partial charge is 0.416 e. The van der Waals surface area contributed by atoms with Gasteiger partial charge in [-0.1, -0.05) is 62.8 Å². The Morgan fingerprint density at radius 1 is 0.549 bits per heavy atom. The van der Waals surface area contributed by atoms with E-state index in [1.54, 1.807) is 39.5 Å². The summed E-state index contributed by atoms with van der Waals surface area (Å²) in [5.74, 6) is -0.794.